The van der Waals surface area contributed by atoms with Crippen LogP contribution in [-0.4, -0.2) is 11.9 Å². The van der Waals surface area contributed by atoms with Crippen LogP contribution in [0, 0.1) is 5.92 Å². The topological polar surface area (TPSA) is 55.1 Å². The summed E-state index contributed by atoms with van der Waals surface area (Å²) in [5.74, 6) is 0.379. The van der Waals surface area contributed by atoms with E-state index < -0.39 is 6.04 Å². The first-order valence-corrected chi connectivity index (χ1v) is 6.53. The lowest BCUT2D eigenvalue weighted by molar-refractivity contribution is -0.123. The Balaban J connectivity index is 2.45. The van der Waals surface area contributed by atoms with Crippen molar-refractivity contribution in [3.8, 4) is 0 Å². The minimum Gasteiger partial charge on any atom is -0.348 e. The Hall–Kier alpha value is -0.870. The molecule has 2 unspecified atom stereocenters. The van der Waals surface area contributed by atoms with Gasteiger partial charge >= 0.3 is 0 Å². The van der Waals surface area contributed by atoms with E-state index in [-0.39, 0.29) is 11.9 Å². The lowest BCUT2D eigenvalue weighted by Crippen LogP contribution is -2.42. The predicted octanol–water partition coefficient (Wildman–Crippen LogP) is 2.30. The van der Waals surface area contributed by atoms with Crippen molar-refractivity contribution in [3.63, 3.8) is 0 Å². The van der Waals surface area contributed by atoms with Crippen LogP contribution in [0.5, 0.6) is 0 Å². The zero-order valence-electron chi connectivity index (χ0n) is 10.1. The molecule has 1 aromatic rings. The van der Waals surface area contributed by atoms with Gasteiger partial charge in [-0.3, -0.25) is 4.79 Å². The van der Waals surface area contributed by atoms with Crippen LogP contribution in [0.3, 0.4) is 0 Å². The number of nitrogens with two attached hydrogens (primary N) is 1. The quantitative estimate of drug-likeness (QED) is 0.829. The van der Waals surface area contributed by atoms with Gasteiger partial charge in [-0.2, -0.15) is 11.3 Å². The van der Waals surface area contributed by atoms with Gasteiger partial charge in [0.05, 0.1) is 12.1 Å². The Morgan fingerprint density at radius 1 is 1.50 bits per heavy atom. The minimum absolute atomic E-state index is 0.0389. The highest BCUT2D eigenvalue weighted by molar-refractivity contribution is 7.07. The fourth-order valence-electron chi connectivity index (χ4n) is 1.54. The first-order valence-electron chi connectivity index (χ1n) is 5.58. The molecule has 0 spiro atoms. The van der Waals surface area contributed by atoms with Gasteiger partial charge in [0.1, 0.15) is 0 Å². The summed E-state index contributed by atoms with van der Waals surface area (Å²) in [4.78, 5) is 11.8. The third-order valence-electron chi connectivity index (χ3n) is 2.46. The number of nitrogens with one attached hydrogen (secondary N) is 1. The highest BCUT2D eigenvalue weighted by atomic mass is 32.1. The molecular formula is C12H20N2OS. The lowest BCUT2D eigenvalue weighted by atomic mass is 10.0. The molecule has 3 nitrogen and oxygen atoms in total. The molecule has 2 atom stereocenters. The van der Waals surface area contributed by atoms with E-state index in [4.69, 9.17) is 5.73 Å². The van der Waals surface area contributed by atoms with Gasteiger partial charge in [-0.25, -0.2) is 0 Å². The van der Waals surface area contributed by atoms with Gasteiger partial charge in [0.2, 0.25) is 5.91 Å². The van der Waals surface area contributed by atoms with Crippen molar-refractivity contribution in [2.75, 3.05) is 0 Å². The van der Waals surface area contributed by atoms with Crippen molar-refractivity contribution < 1.29 is 4.79 Å². The van der Waals surface area contributed by atoms with Crippen molar-refractivity contribution in [3.05, 3.63) is 22.4 Å². The van der Waals surface area contributed by atoms with Crippen LogP contribution >= 0.6 is 11.3 Å². The molecular weight excluding hydrogens is 220 g/mol. The van der Waals surface area contributed by atoms with Gasteiger partial charge < -0.3 is 11.1 Å². The van der Waals surface area contributed by atoms with Crippen molar-refractivity contribution in [1.82, 2.24) is 5.32 Å². The number of hydrogen-bond acceptors (Lipinski definition) is 3. The minimum atomic E-state index is -0.402. The molecule has 0 aliphatic carbocycles. The van der Waals surface area contributed by atoms with E-state index in [1.54, 1.807) is 11.3 Å². The molecule has 0 saturated carbocycles. The molecule has 0 saturated heterocycles. The summed E-state index contributed by atoms with van der Waals surface area (Å²) < 4.78 is 0. The number of rotatable bonds is 5. The number of hydrogen-bond donors (Lipinski definition) is 2. The Morgan fingerprint density at radius 3 is 2.69 bits per heavy atom. The van der Waals surface area contributed by atoms with Crippen molar-refractivity contribution >= 4 is 17.2 Å². The van der Waals surface area contributed by atoms with Gasteiger partial charge in [0, 0.05) is 0 Å². The van der Waals surface area contributed by atoms with Crippen molar-refractivity contribution in [1.29, 1.82) is 0 Å². The molecule has 4 heteroatoms. The first kappa shape index (κ1) is 13.2. The van der Waals surface area contributed by atoms with E-state index >= 15 is 0 Å². The maximum absolute atomic E-state index is 11.8. The second kappa shape index (κ2) is 6.01. The highest BCUT2D eigenvalue weighted by Gasteiger charge is 2.17. The van der Waals surface area contributed by atoms with Crippen LogP contribution in [0.25, 0.3) is 0 Å². The third kappa shape index (κ3) is 3.94. The van der Waals surface area contributed by atoms with Crippen LogP contribution < -0.4 is 11.1 Å². The van der Waals surface area contributed by atoms with Gasteiger partial charge in [-0.05, 0) is 41.7 Å². The molecule has 16 heavy (non-hydrogen) atoms. The molecule has 0 aliphatic rings. The number of thiophene rings is 1. The first-order chi connectivity index (χ1) is 7.50. The van der Waals surface area contributed by atoms with Crippen LogP contribution in [0.4, 0.5) is 0 Å². The maximum Gasteiger partial charge on any atom is 0.237 e. The second-order valence-corrected chi connectivity index (χ2v) is 5.30. The summed E-state index contributed by atoms with van der Waals surface area (Å²) in [7, 11) is 0. The summed E-state index contributed by atoms with van der Waals surface area (Å²) in [6.45, 7) is 6.10. The van der Waals surface area contributed by atoms with E-state index in [2.05, 4.69) is 19.2 Å². The number of carbonyl (C=O) groups excluding carboxylic acids is 1. The monoisotopic (exact) mass is 240 g/mol. The van der Waals surface area contributed by atoms with Gasteiger partial charge in [-0.1, -0.05) is 13.8 Å². The van der Waals surface area contributed by atoms with Crippen LogP contribution in [-0.2, 0) is 4.79 Å². The molecule has 1 amide bonds. The molecule has 0 radical (unpaired) electrons. The SMILES string of the molecule is CC(C)CC(N)C(=O)NC(C)c1ccsc1. The fraction of sp³-hybridized carbons (Fsp3) is 0.583. The molecule has 3 N–H and O–H groups in total. The Labute approximate surface area is 101 Å². The average molecular weight is 240 g/mol. The maximum atomic E-state index is 11.8. The van der Waals surface area contributed by atoms with E-state index in [0.29, 0.717) is 5.92 Å². The number of carbonyl (C=O) groups is 1. The zero-order chi connectivity index (χ0) is 12.1. The third-order valence-corrected chi connectivity index (χ3v) is 3.17. The van der Waals surface area contributed by atoms with E-state index in [1.807, 2.05) is 23.8 Å². The van der Waals surface area contributed by atoms with E-state index in [9.17, 15) is 4.79 Å². The predicted molar refractivity (Wildman–Crippen MR) is 68.3 cm³/mol. The fourth-order valence-corrected chi connectivity index (χ4v) is 2.29. The second-order valence-electron chi connectivity index (χ2n) is 4.52. The van der Waals surface area contributed by atoms with E-state index in [0.717, 1.165) is 12.0 Å². The molecule has 0 fully saturated rings. The molecule has 0 aromatic carbocycles. The summed E-state index contributed by atoms with van der Waals surface area (Å²) >= 11 is 1.63. The van der Waals surface area contributed by atoms with Gasteiger partial charge in [0.25, 0.3) is 0 Å². The molecule has 1 heterocycles. The van der Waals surface area contributed by atoms with Crippen molar-refractivity contribution in [2.45, 2.75) is 39.3 Å². The molecule has 0 bridgehead atoms. The average Bonchev–Trinajstić information content (AvgIpc) is 2.68. The van der Waals surface area contributed by atoms with Crippen molar-refractivity contribution in [2.24, 2.45) is 11.7 Å². The highest BCUT2D eigenvalue weighted by Crippen LogP contribution is 2.15. The van der Waals surface area contributed by atoms with Crippen LogP contribution in [0.15, 0.2) is 16.8 Å². The standard InChI is InChI=1S/C12H20N2OS/c1-8(2)6-11(13)12(15)14-9(3)10-4-5-16-7-10/h4-5,7-9,11H,6,13H2,1-3H3,(H,14,15). The normalized spacial score (nSPS) is 14.8. The lowest BCUT2D eigenvalue weighted by Gasteiger charge is -2.18. The molecule has 90 valence electrons. The van der Waals surface area contributed by atoms with E-state index in [1.165, 1.54) is 0 Å². The molecule has 1 aromatic heterocycles. The van der Waals surface area contributed by atoms with Crippen LogP contribution in [0.1, 0.15) is 38.8 Å². The summed E-state index contributed by atoms with van der Waals surface area (Å²) in [6.07, 6.45) is 0.724. The summed E-state index contributed by atoms with van der Waals surface area (Å²) in [6, 6.07) is 1.65. The Bertz CT molecular complexity index is 322. The summed E-state index contributed by atoms with van der Waals surface area (Å²) in [5.41, 5.74) is 6.94. The summed E-state index contributed by atoms with van der Waals surface area (Å²) in [5, 5.41) is 6.98. The Kier molecular flexibility index (Phi) is 4.96. The largest absolute Gasteiger partial charge is 0.348 e. The smallest absolute Gasteiger partial charge is 0.237 e. The van der Waals surface area contributed by atoms with Crippen LogP contribution in [0.2, 0.25) is 0 Å². The Morgan fingerprint density at radius 2 is 2.19 bits per heavy atom. The molecule has 0 aliphatic heterocycles. The zero-order valence-corrected chi connectivity index (χ0v) is 10.9. The van der Waals surface area contributed by atoms with Gasteiger partial charge in [0.15, 0.2) is 0 Å². The number of amides is 1. The van der Waals surface area contributed by atoms with Gasteiger partial charge in [-0.15, -0.1) is 0 Å². The molecule has 1 rings (SSSR count).